The molecule has 1 saturated carbocycles. The van der Waals surface area contributed by atoms with Crippen molar-refractivity contribution in [1.82, 2.24) is 5.32 Å². The summed E-state index contributed by atoms with van der Waals surface area (Å²) in [4.78, 5) is 10.8. The van der Waals surface area contributed by atoms with Gasteiger partial charge in [0.2, 0.25) is 0 Å². The van der Waals surface area contributed by atoms with Crippen LogP contribution in [0.25, 0.3) is 0 Å². The average Bonchev–Trinajstić information content (AvgIpc) is 2.47. The van der Waals surface area contributed by atoms with E-state index in [0.717, 1.165) is 32.2 Å². The molecule has 2 N–H and O–H groups in total. The molecule has 2 aliphatic rings. The molecule has 12 heavy (non-hydrogen) atoms. The summed E-state index contributed by atoms with van der Waals surface area (Å²) in [5.74, 6) is -0.245. The fourth-order valence-electron chi connectivity index (χ4n) is 2.66. The highest BCUT2D eigenvalue weighted by Crippen LogP contribution is 2.37. The fourth-order valence-corrected chi connectivity index (χ4v) is 2.66. The molecule has 0 spiro atoms. The van der Waals surface area contributed by atoms with Crippen LogP contribution in [0.5, 0.6) is 0 Å². The van der Waals surface area contributed by atoms with E-state index in [1.807, 2.05) is 0 Å². The van der Waals surface area contributed by atoms with Crippen LogP contribution in [0.4, 0.5) is 0 Å². The quantitative estimate of drug-likeness (QED) is 0.611. The smallest absolute Gasteiger partial charge is 0.306 e. The van der Waals surface area contributed by atoms with Gasteiger partial charge in [0.25, 0.3) is 0 Å². The Morgan fingerprint density at radius 2 is 2.17 bits per heavy atom. The van der Waals surface area contributed by atoms with E-state index in [2.05, 4.69) is 5.32 Å². The van der Waals surface area contributed by atoms with E-state index in [1.165, 1.54) is 0 Å². The van der Waals surface area contributed by atoms with E-state index in [4.69, 9.17) is 5.11 Å². The van der Waals surface area contributed by atoms with Crippen LogP contribution in [0.15, 0.2) is 0 Å². The minimum atomic E-state index is -0.591. The highest BCUT2D eigenvalue weighted by Gasteiger charge is 2.40. The molecule has 3 nitrogen and oxygen atoms in total. The van der Waals surface area contributed by atoms with Crippen LogP contribution in [-0.2, 0) is 4.79 Å². The Morgan fingerprint density at radius 3 is 2.92 bits per heavy atom. The van der Waals surface area contributed by atoms with E-state index in [-0.39, 0.29) is 5.92 Å². The lowest BCUT2D eigenvalue weighted by Gasteiger charge is -2.28. The monoisotopic (exact) mass is 169 g/mol. The van der Waals surface area contributed by atoms with Crippen molar-refractivity contribution in [2.24, 2.45) is 11.8 Å². The first-order valence-corrected chi connectivity index (χ1v) is 4.75. The first-order valence-electron chi connectivity index (χ1n) is 4.75. The van der Waals surface area contributed by atoms with Gasteiger partial charge in [-0.25, -0.2) is 0 Å². The van der Waals surface area contributed by atoms with Crippen LogP contribution in [-0.4, -0.2) is 23.7 Å². The van der Waals surface area contributed by atoms with Gasteiger partial charge in [-0.1, -0.05) is 0 Å². The molecule has 0 aromatic carbocycles. The van der Waals surface area contributed by atoms with Crippen molar-refractivity contribution in [2.45, 2.75) is 31.7 Å². The number of rotatable bonds is 1. The third-order valence-corrected chi connectivity index (χ3v) is 3.26. The second kappa shape index (κ2) is 3.05. The lowest BCUT2D eigenvalue weighted by molar-refractivity contribution is -0.143. The van der Waals surface area contributed by atoms with Gasteiger partial charge in [-0.3, -0.25) is 4.79 Å². The maximum Gasteiger partial charge on any atom is 0.306 e. The van der Waals surface area contributed by atoms with Gasteiger partial charge in [0.1, 0.15) is 0 Å². The minimum absolute atomic E-state index is 0.0669. The first-order chi connectivity index (χ1) is 5.79. The molecule has 2 fully saturated rings. The summed E-state index contributed by atoms with van der Waals surface area (Å²) in [6.45, 7) is 1.08. The van der Waals surface area contributed by atoms with Crippen molar-refractivity contribution in [1.29, 1.82) is 0 Å². The van der Waals surface area contributed by atoms with Gasteiger partial charge in [-0.2, -0.15) is 0 Å². The number of hydrogen-bond donors (Lipinski definition) is 2. The molecule has 0 aromatic heterocycles. The van der Waals surface area contributed by atoms with Crippen LogP contribution >= 0.6 is 0 Å². The zero-order chi connectivity index (χ0) is 8.55. The van der Waals surface area contributed by atoms with Crippen molar-refractivity contribution < 1.29 is 9.90 Å². The summed E-state index contributed by atoms with van der Waals surface area (Å²) in [7, 11) is 0. The van der Waals surface area contributed by atoms with Crippen LogP contribution in [0.2, 0.25) is 0 Å². The normalized spacial score (nSPS) is 40.8. The van der Waals surface area contributed by atoms with Crippen molar-refractivity contribution in [3.63, 3.8) is 0 Å². The standard InChI is InChI=1S/C9H15NO2/c11-9(12)7-3-4-8-6(7)2-1-5-10-8/h6-8,10H,1-5H2,(H,11,12). The Balaban J connectivity index is 2.05. The lowest BCUT2D eigenvalue weighted by Crippen LogP contribution is -2.40. The summed E-state index contributed by atoms with van der Waals surface area (Å²) >= 11 is 0. The molecule has 1 aliphatic carbocycles. The van der Waals surface area contributed by atoms with Gasteiger partial charge in [-0.15, -0.1) is 0 Å². The maximum absolute atomic E-state index is 10.8. The molecule has 1 heterocycles. The van der Waals surface area contributed by atoms with Gasteiger partial charge in [-0.05, 0) is 38.1 Å². The Labute approximate surface area is 72.2 Å². The van der Waals surface area contributed by atoms with E-state index in [0.29, 0.717) is 12.0 Å². The predicted molar refractivity (Wildman–Crippen MR) is 44.9 cm³/mol. The Kier molecular flexibility index (Phi) is 2.05. The second-order valence-electron chi connectivity index (χ2n) is 3.89. The Hall–Kier alpha value is -0.570. The van der Waals surface area contributed by atoms with Crippen LogP contribution in [0.3, 0.4) is 0 Å². The Bertz CT molecular complexity index is 193. The number of carbonyl (C=O) groups is 1. The predicted octanol–water partition coefficient (Wildman–Crippen LogP) is 0.849. The SMILES string of the molecule is O=C(O)C1CCC2NCCCC21. The zero-order valence-corrected chi connectivity index (χ0v) is 7.12. The molecular weight excluding hydrogens is 154 g/mol. The summed E-state index contributed by atoms with van der Waals surface area (Å²) < 4.78 is 0. The van der Waals surface area contributed by atoms with Gasteiger partial charge in [0, 0.05) is 6.04 Å². The minimum Gasteiger partial charge on any atom is -0.481 e. The highest BCUT2D eigenvalue weighted by atomic mass is 16.4. The molecule has 3 heteroatoms. The Morgan fingerprint density at radius 1 is 1.33 bits per heavy atom. The topological polar surface area (TPSA) is 49.3 Å². The van der Waals surface area contributed by atoms with Crippen LogP contribution in [0, 0.1) is 11.8 Å². The molecule has 0 aromatic rings. The van der Waals surface area contributed by atoms with Crippen molar-refractivity contribution in [3.8, 4) is 0 Å². The number of fused-ring (bicyclic) bond motifs is 1. The largest absolute Gasteiger partial charge is 0.481 e. The van der Waals surface area contributed by atoms with E-state index < -0.39 is 5.97 Å². The molecule has 1 saturated heterocycles. The summed E-state index contributed by atoms with van der Waals surface area (Å²) in [5.41, 5.74) is 0. The number of hydrogen-bond acceptors (Lipinski definition) is 2. The molecule has 2 rings (SSSR count). The number of aliphatic carboxylic acids is 1. The summed E-state index contributed by atoms with van der Waals surface area (Å²) in [5, 5.41) is 12.3. The van der Waals surface area contributed by atoms with E-state index >= 15 is 0 Å². The van der Waals surface area contributed by atoms with Gasteiger partial charge < -0.3 is 10.4 Å². The molecule has 0 radical (unpaired) electrons. The number of nitrogens with one attached hydrogen (secondary N) is 1. The molecule has 0 amide bonds. The van der Waals surface area contributed by atoms with E-state index in [9.17, 15) is 4.79 Å². The molecular formula is C9H15NO2. The highest BCUT2D eigenvalue weighted by molar-refractivity contribution is 5.71. The average molecular weight is 169 g/mol. The molecule has 0 bridgehead atoms. The second-order valence-corrected chi connectivity index (χ2v) is 3.89. The van der Waals surface area contributed by atoms with Crippen molar-refractivity contribution in [3.05, 3.63) is 0 Å². The molecule has 68 valence electrons. The summed E-state index contributed by atoms with van der Waals surface area (Å²) in [6, 6.07) is 0.500. The van der Waals surface area contributed by atoms with Crippen LogP contribution < -0.4 is 5.32 Å². The van der Waals surface area contributed by atoms with Gasteiger partial charge in [0.15, 0.2) is 0 Å². The number of carboxylic acid groups (broad SMARTS) is 1. The number of carboxylic acids is 1. The molecule has 3 unspecified atom stereocenters. The zero-order valence-electron chi connectivity index (χ0n) is 7.12. The molecule has 1 aliphatic heterocycles. The molecule has 3 atom stereocenters. The van der Waals surface area contributed by atoms with Gasteiger partial charge >= 0.3 is 5.97 Å². The third-order valence-electron chi connectivity index (χ3n) is 3.26. The first kappa shape index (κ1) is 8.05. The third kappa shape index (κ3) is 1.22. The maximum atomic E-state index is 10.8. The van der Waals surface area contributed by atoms with Crippen LogP contribution in [0.1, 0.15) is 25.7 Å². The van der Waals surface area contributed by atoms with Crippen molar-refractivity contribution in [2.75, 3.05) is 6.54 Å². The number of piperidine rings is 1. The fraction of sp³-hybridized carbons (Fsp3) is 0.889. The summed E-state index contributed by atoms with van der Waals surface area (Å²) in [6.07, 6.45) is 4.18. The van der Waals surface area contributed by atoms with E-state index in [1.54, 1.807) is 0 Å². The van der Waals surface area contributed by atoms with Gasteiger partial charge in [0.05, 0.1) is 5.92 Å². The lowest BCUT2D eigenvalue weighted by atomic mass is 9.87. The van der Waals surface area contributed by atoms with Crippen molar-refractivity contribution >= 4 is 5.97 Å².